The summed E-state index contributed by atoms with van der Waals surface area (Å²) in [4.78, 5) is 8.99. The fraction of sp³-hybridized carbons (Fsp3) is 0.286. The van der Waals surface area contributed by atoms with Crippen LogP contribution in [0.5, 0.6) is 0 Å². The third-order valence-corrected chi connectivity index (χ3v) is 4.41. The van der Waals surface area contributed by atoms with Gasteiger partial charge in [-0.3, -0.25) is 0 Å². The van der Waals surface area contributed by atoms with Crippen LogP contribution in [0.1, 0.15) is 26.5 Å². The second-order valence-corrected chi connectivity index (χ2v) is 7.32. The first kappa shape index (κ1) is 14.9. The molecule has 5 heteroatoms. The summed E-state index contributed by atoms with van der Waals surface area (Å²) < 4.78 is 1.79. The van der Waals surface area contributed by atoms with Gasteiger partial charge in [-0.1, -0.05) is 60.4 Å². The van der Waals surface area contributed by atoms with E-state index in [9.17, 15) is 0 Å². The van der Waals surface area contributed by atoms with E-state index in [1.165, 1.54) is 0 Å². The highest BCUT2D eigenvalue weighted by atomic mass is 79.9. The monoisotopic (exact) mass is 402 g/mol. The smallest absolute Gasteiger partial charge is 0.161 e. The Kier molecular flexibility index (Phi) is 4.33. The quantitative estimate of drug-likeness (QED) is 0.577. The summed E-state index contributed by atoms with van der Waals surface area (Å²) >= 11 is 13.1. The summed E-state index contributed by atoms with van der Waals surface area (Å²) in [6.45, 7) is 6.30. The van der Waals surface area contributed by atoms with Gasteiger partial charge in [0.2, 0.25) is 0 Å². The summed E-state index contributed by atoms with van der Waals surface area (Å²) in [5.74, 6) is 0.644. The summed E-state index contributed by atoms with van der Waals surface area (Å²) in [7, 11) is 0. The Labute approximate surface area is 134 Å². The molecule has 0 unspecified atom stereocenters. The van der Waals surface area contributed by atoms with Gasteiger partial charge in [0.05, 0.1) is 10.2 Å². The Morgan fingerprint density at radius 2 is 1.58 bits per heavy atom. The fourth-order valence-corrected chi connectivity index (χ4v) is 2.85. The molecular weight excluding hydrogens is 391 g/mol. The van der Waals surface area contributed by atoms with Crippen LogP contribution in [0.2, 0.25) is 5.15 Å². The topological polar surface area (TPSA) is 25.8 Å². The number of nitrogens with zero attached hydrogens (tertiary/aromatic N) is 2. The van der Waals surface area contributed by atoms with Crippen LogP contribution in [0, 0.1) is 0 Å². The van der Waals surface area contributed by atoms with Crippen molar-refractivity contribution in [1.82, 2.24) is 9.97 Å². The Bertz CT molecular complexity index is 604. The van der Waals surface area contributed by atoms with Gasteiger partial charge in [0.1, 0.15) is 5.15 Å². The van der Waals surface area contributed by atoms with E-state index < -0.39 is 0 Å². The first-order valence-electron chi connectivity index (χ1n) is 5.78. The second-order valence-electron chi connectivity index (χ2n) is 5.26. The van der Waals surface area contributed by atoms with Crippen molar-refractivity contribution in [2.75, 3.05) is 0 Å². The highest BCUT2D eigenvalue weighted by Crippen LogP contribution is 2.34. The average Bonchev–Trinajstić information content (AvgIpc) is 2.32. The lowest BCUT2D eigenvalue weighted by atomic mass is 9.92. The minimum Gasteiger partial charge on any atom is -0.231 e. The number of hydrogen-bond donors (Lipinski definition) is 0. The Hall–Kier alpha value is -0.450. The molecule has 1 aromatic heterocycles. The van der Waals surface area contributed by atoms with Crippen LogP contribution >= 0.6 is 43.5 Å². The van der Waals surface area contributed by atoms with Gasteiger partial charge >= 0.3 is 0 Å². The highest BCUT2D eigenvalue weighted by Gasteiger charge is 2.22. The summed E-state index contributed by atoms with van der Waals surface area (Å²) in [5, 5.41) is 0.442. The van der Waals surface area contributed by atoms with Gasteiger partial charge in [-0.2, -0.15) is 0 Å². The van der Waals surface area contributed by atoms with Gasteiger partial charge in [-0.25, -0.2) is 9.97 Å². The molecule has 1 heterocycles. The molecule has 0 atom stereocenters. The summed E-state index contributed by atoms with van der Waals surface area (Å²) in [6.07, 6.45) is 0. The van der Waals surface area contributed by atoms with Crippen LogP contribution in [0.15, 0.2) is 33.2 Å². The molecule has 2 aromatic rings. The zero-order valence-corrected chi connectivity index (χ0v) is 14.8. The molecule has 0 radical (unpaired) electrons. The molecule has 0 amide bonds. The van der Waals surface area contributed by atoms with Gasteiger partial charge in [0, 0.05) is 15.5 Å². The van der Waals surface area contributed by atoms with Gasteiger partial charge in [-0.05, 0) is 28.1 Å². The fourth-order valence-electron chi connectivity index (χ4n) is 1.64. The molecule has 0 bridgehead atoms. The predicted molar refractivity (Wildman–Crippen MR) is 86.6 cm³/mol. The van der Waals surface area contributed by atoms with Crippen molar-refractivity contribution in [2.24, 2.45) is 0 Å². The van der Waals surface area contributed by atoms with Crippen molar-refractivity contribution in [2.45, 2.75) is 26.2 Å². The van der Waals surface area contributed by atoms with E-state index in [-0.39, 0.29) is 5.41 Å². The molecule has 0 N–H and O–H groups in total. The Balaban J connectivity index is 2.60. The Morgan fingerprint density at radius 1 is 1.00 bits per heavy atom. The molecular formula is C14H13Br2ClN2. The maximum absolute atomic E-state index is 6.20. The molecule has 0 spiro atoms. The highest BCUT2D eigenvalue weighted by molar-refractivity contribution is 9.10. The SMILES string of the molecule is CC(C)(C)c1nc(-c2ccc(Br)cc2)nc(Cl)c1Br. The lowest BCUT2D eigenvalue weighted by Gasteiger charge is -2.20. The van der Waals surface area contributed by atoms with Crippen LogP contribution in [-0.2, 0) is 5.41 Å². The molecule has 0 aliphatic heterocycles. The van der Waals surface area contributed by atoms with E-state index in [1.807, 2.05) is 24.3 Å². The first-order valence-corrected chi connectivity index (χ1v) is 7.75. The second kappa shape index (κ2) is 5.51. The van der Waals surface area contributed by atoms with E-state index in [1.54, 1.807) is 0 Å². The van der Waals surface area contributed by atoms with E-state index in [0.29, 0.717) is 11.0 Å². The van der Waals surface area contributed by atoms with Crippen LogP contribution in [-0.4, -0.2) is 9.97 Å². The van der Waals surface area contributed by atoms with Crippen molar-refractivity contribution in [3.8, 4) is 11.4 Å². The van der Waals surface area contributed by atoms with Crippen LogP contribution in [0.25, 0.3) is 11.4 Å². The van der Waals surface area contributed by atoms with E-state index >= 15 is 0 Å². The van der Waals surface area contributed by atoms with E-state index in [4.69, 9.17) is 11.6 Å². The first-order chi connectivity index (χ1) is 8.79. The zero-order valence-electron chi connectivity index (χ0n) is 10.8. The molecule has 0 aliphatic carbocycles. The molecule has 2 rings (SSSR count). The maximum Gasteiger partial charge on any atom is 0.161 e. The lowest BCUT2D eigenvalue weighted by molar-refractivity contribution is 0.564. The molecule has 0 aliphatic rings. The van der Waals surface area contributed by atoms with Crippen LogP contribution in [0.4, 0.5) is 0 Å². The van der Waals surface area contributed by atoms with Gasteiger partial charge < -0.3 is 0 Å². The molecule has 19 heavy (non-hydrogen) atoms. The van der Waals surface area contributed by atoms with Gasteiger partial charge in [0.25, 0.3) is 0 Å². The minimum absolute atomic E-state index is 0.102. The zero-order chi connectivity index (χ0) is 14.2. The van der Waals surface area contributed by atoms with Crippen molar-refractivity contribution in [1.29, 1.82) is 0 Å². The minimum atomic E-state index is -0.102. The molecule has 2 nitrogen and oxygen atoms in total. The van der Waals surface area contributed by atoms with E-state index in [0.717, 1.165) is 20.2 Å². The van der Waals surface area contributed by atoms with Gasteiger partial charge in [-0.15, -0.1) is 0 Å². The van der Waals surface area contributed by atoms with Gasteiger partial charge in [0.15, 0.2) is 5.82 Å². The summed E-state index contributed by atoms with van der Waals surface area (Å²) in [6, 6.07) is 7.86. The third kappa shape index (κ3) is 3.36. The largest absolute Gasteiger partial charge is 0.231 e. The van der Waals surface area contributed by atoms with E-state index in [2.05, 4.69) is 62.6 Å². The number of benzene rings is 1. The average molecular weight is 405 g/mol. The van der Waals surface area contributed by atoms with Crippen LogP contribution in [0.3, 0.4) is 0 Å². The molecule has 1 aromatic carbocycles. The maximum atomic E-state index is 6.20. The molecule has 100 valence electrons. The summed E-state index contributed by atoms with van der Waals surface area (Å²) in [5.41, 5.74) is 1.75. The predicted octanol–water partition coefficient (Wildman–Crippen LogP) is 5.62. The van der Waals surface area contributed by atoms with Crippen molar-refractivity contribution < 1.29 is 0 Å². The molecule has 0 fully saturated rings. The number of halogens is 3. The number of rotatable bonds is 1. The molecule has 0 saturated carbocycles. The number of hydrogen-bond acceptors (Lipinski definition) is 2. The lowest BCUT2D eigenvalue weighted by Crippen LogP contribution is -2.16. The number of aromatic nitrogens is 2. The standard InChI is InChI=1S/C14H13Br2ClN2/c1-14(2,3)11-10(16)12(17)19-13(18-11)8-4-6-9(15)7-5-8/h4-7H,1-3H3. The normalized spacial score (nSPS) is 11.7. The van der Waals surface area contributed by atoms with Crippen LogP contribution < -0.4 is 0 Å². The van der Waals surface area contributed by atoms with Crippen molar-refractivity contribution >= 4 is 43.5 Å². The van der Waals surface area contributed by atoms with Crippen molar-refractivity contribution in [3.63, 3.8) is 0 Å². The Morgan fingerprint density at radius 3 is 2.11 bits per heavy atom. The molecule has 0 saturated heterocycles. The third-order valence-electron chi connectivity index (χ3n) is 2.62. The van der Waals surface area contributed by atoms with Crippen molar-refractivity contribution in [3.05, 3.63) is 44.1 Å².